The Balaban J connectivity index is 1.86. The molecule has 0 saturated heterocycles. The minimum atomic E-state index is -0.428. The summed E-state index contributed by atoms with van der Waals surface area (Å²) in [5.74, 6) is 0.155. The molecule has 6 heteroatoms. The van der Waals surface area contributed by atoms with E-state index in [1.165, 1.54) is 17.8 Å². The molecule has 0 bridgehead atoms. The molecule has 0 fully saturated rings. The van der Waals surface area contributed by atoms with Gasteiger partial charge in [0.25, 0.3) is 5.91 Å². The Hall–Kier alpha value is -2.21. The molecule has 126 valence electrons. The highest BCUT2D eigenvalue weighted by Crippen LogP contribution is 2.28. The average molecular weight is 393 g/mol. The van der Waals surface area contributed by atoms with Crippen molar-refractivity contribution in [3.63, 3.8) is 0 Å². The van der Waals surface area contributed by atoms with E-state index in [0.717, 1.165) is 4.47 Å². The number of halogens is 2. The lowest BCUT2D eigenvalue weighted by atomic mass is 10.0. The molecule has 24 heavy (non-hydrogen) atoms. The number of rotatable bonds is 6. The first-order valence-electron chi connectivity index (χ1n) is 7.46. The number of ether oxygens (including phenoxy) is 1. The highest BCUT2D eigenvalue weighted by Gasteiger charge is 2.07. The minimum Gasteiger partial charge on any atom is -0.483 e. The lowest BCUT2D eigenvalue weighted by Crippen LogP contribution is -2.24. The summed E-state index contributed by atoms with van der Waals surface area (Å²) in [7, 11) is 0. The van der Waals surface area contributed by atoms with E-state index in [0.29, 0.717) is 17.2 Å². The fraction of sp³-hybridized carbons (Fsp3) is 0.222. The zero-order valence-corrected chi connectivity index (χ0v) is 15.0. The van der Waals surface area contributed by atoms with Gasteiger partial charge in [-0.25, -0.2) is 9.82 Å². The van der Waals surface area contributed by atoms with Gasteiger partial charge in [-0.05, 0) is 45.6 Å². The van der Waals surface area contributed by atoms with Crippen molar-refractivity contribution < 1.29 is 13.9 Å². The van der Waals surface area contributed by atoms with Crippen LogP contribution in [0.3, 0.4) is 0 Å². The Morgan fingerprint density at radius 2 is 2.08 bits per heavy atom. The Bertz CT molecular complexity index is 748. The molecule has 0 heterocycles. The van der Waals surface area contributed by atoms with Crippen LogP contribution < -0.4 is 10.2 Å². The summed E-state index contributed by atoms with van der Waals surface area (Å²) < 4.78 is 19.6. The number of benzene rings is 2. The average Bonchev–Trinajstić information content (AvgIpc) is 2.55. The zero-order chi connectivity index (χ0) is 17.5. The topological polar surface area (TPSA) is 50.7 Å². The maximum Gasteiger partial charge on any atom is 0.277 e. The first kappa shape index (κ1) is 18.1. The van der Waals surface area contributed by atoms with Crippen molar-refractivity contribution in [2.75, 3.05) is 6.61 Å². The predicted octanol–water partition coefficient (Wildman–Crippen LogP) is 4.24. The quantitative estimate of drug-likeness (QED) is 0.590. The normalized spacial score (nSPS) is 11.0. The molecule has 0 aromatic heterocycles. The Kier molecular flexibility index (Phi) is 6.49. The monoisotopic (exact) mass is 392 g/mol. The van der Waals surface area contributed by atoms with E-state index in [-0.39, 0.29) is 6.61 Å². The van der Waals surface area contributed by atoms with E-state index >= 15 is 0 Å². The lowest BCUT2D eigenvalue weighted by Gasteiger charge is -2.10. The fourth-order valence-electron chi connectivity index (χ4n) is 1.92. The van der Waals surface area contributed by atoms with Gasteiger partial charge < -0.3 is 4.74 Å². The SMILES string of the molecule is CC(C)c1ccc(OCC(=O)N/N=C/c2ccccc2F)c(Br)c1. The van der Waals surface area contributed by atoms with Crippen molar-refractivity contribution in [2.24, 2.45) is 5.10 Å². The molecule has 0 aliphatic rings. The summed E-state index contributed by atoms with van der Waals surface area (Å²) in [5.41, 5.74) is 3.77. The van der Waals surface area contributed by atoms with Gasteiger partial charge in [-0.3, -0.25) is 4.79 Å². The molecule has 1 amide bonds. The Morgan fingerprint density at radius 3 is 2.75 bits per heavy atom. The number of carbonyl (C=O) groups excluding carboxylic acids is 1. The molecule has 4 nitrogen and oxygen atoms in total. The second-order valence-electron chi connectivity index (χ2n) is 5.45. The highest BCUT2D eigenvalue weighted by molar-refractivity contribution is 9.10. The lowest BCUT2D eigenvalue weighted by molar-refractivity contribution is -0.123. The number of hydrogen-bond acceptors (Lipinski definition) is 3. The van der Waals surface area contributed by atoms with E-state index in [2.05, 4.69) is 40.3 Å². The summed E-state index contributed by atoms with van der Waals surface area (Å²) in [6.45, 7) is 4.01. The Labute approximate surface area is 148 Å². The first-order valence-corrected chi connectivity index (χ1v) is 8.25. The summed E-state index contributed by atoms with van der Waals surface area (Å²) >= 11 is 3.43. The van der Waals surface area contributed by atoms with E-state index in [1.807, 2.05) is 18.2 Å². The van der Waals surface area contributed by atoms with Gasteiger partial charge in [-0.2, -0.15) is 5.10 Å². The third kappa shape index (κ3) is 5.16. The van der Waals surface area contributed by atoms with Crippen molar-refractivity contribution in [1.29, 1.82) is 0 Å². The summed E-state index contributed by atoms with van der Waals surface area (Å²) in [6.07, 6.45) is 1.25. The van der Waals surface area contributed by atoms with Crippen LogP contribution in [0.2, 0.25) is 0 Å². The molecule has 0 aliphatic carbocycles. The van der Waals surface area contributed by atoms with Crippen LogP contribution in [-0.2, 0) is 4.79 Å². The van der Waals surface area contributed by atoms with Crippen LogP contribution in [0.4, 0.5) is 4.39 Å². The second kappa shape index (κ2) is 8.59. The molecule has 0 unspecified atom stereocenters. The van der Waals surface area contributed by atoms with Gasteiger partial charge in [0.15, 0.2) is 6.61 Å². The molecular weight excluding hydrogens is 375 g/mol. The van der Waals surface area contributed by atoms with Crippen LogP contribution in [0.5, 0.6) is 5.75 Å². The molecule has 2 aromatic carbocycles. The van der Waals surface area contributed by atoms with Crippen LogP contribution in [-0.4, -0.2) is 18.7 Å². The van der Waals surface area contributed by atoms with Crippen molar-refractivity contribution in [2.45, 2.75) is 19.8 Å². The zero-order valence-electron chi connectivity index (χ0n) is 13.4. The van der Waals surface area contributed by atoms with Crippen molar-refractivity contribution in [1.82, 2.24) is 5.43 Å². The molecule has 0 spiro atoms. The van der Waals surface area contributed by atoms with E-state index < -0.39 is 11.7 Å². The van der Waals surface area contributed by atoms with Gasteiger partial charge in [0.1, 0.15) is 11.6 Å². The maximum atomic E-state index is 13.4. The standard InChI is InChI=1S/C18H18BrFN2O2/c1-12(2)13-7-8-17(15(19)9-13)24-11-18(23)22-21-10-14-5-3-4-6-16(14)20/h3-10,12H,11H2,1-2H3,(H,22,23)/b21-10+. The number of amides is 1. The molecule has 2 rings (SSSR count). The summed E-state index contributed by atoms with van der Waals surface area (Å²) in [6, 6.07) is 11.9. The number of hydrogen-bond donors (Lipinski definition) is 1. The fourth-order valence-corrected chi connectivity index (χ4v) is 2.43. The first-order chi connectivity index (χ1) is 11.5. The molecule has 2 aromatic rings. The van der Waals surface area contributed by atoms with Gasteiger partial charge in [0.05, 0.1) is 10.7 Å². The van der Waals surface area contributed by atoms with Crippen LogP contribution in [0.15, 0.2) is 52.0 Å². The molecule has 0 atom stereocenters. The van der Waals surface area contributed by atoms with Crippen LogP contribution in [0, 0.1) is 5.82 Å². The molecule has 1 N–H and O–H groups in total. The van der Waals surface area contributed by atoms with E-state index in [1.54, 1.807) is 18.2 Å². The third-order valence-corrected chi connectivity index (χ3v) is 3.90. The van der Waals surface area contributed by atoms with Gasteiger partial charge >= 0.3 is 0 Å². The largest absolute Gasteiger partial charge is 0.483 e. The number of carbonyl (C=O) groups is 1. The van der Waals surface area contributed by atoms with Crippen molar-refractivity contribution >= 4 is 28.1 Å². The van der Waals surface area contributed by atoms with Crippen molar-refractivity contribution in [3.05, 3.63) is 63.9 Å². The van der Waals surface area contributed by atoms with Crippen LogP contribution in [0.25, 0.3) is 0 Å². The Morgan fingerprint density at radius 1 is 1.33 bits per heavy atom. The molecular formula is C18H18BrFN2O2. The van der Waals surface area contributed by atoms with Crippen LogP contribution in [0.1, 0.15) is 30.9 Å². The molecule has 0 saturated carbocycles. The van der Waals surface area contributed by atoms with Crippen LogP contribution >= 0.6 is 15.9 Å². The third-order valence-electron chi connectivity index (χ3n) is 3.28. The van der Waals surface area contributed by atoms with E-state index in [9.17, 15) is 9.18 Å². The number of hydrazone groups is 1. The van der Waals surface area contributed by atoms with E-state index in [4.69, 9.17) is 4.74 Å². The summed E-state index contributed by atoms with van der Waals surface area (Å²) in [4.78, 5) is 11.7. The maximum absolute atomic E-state index is 13.4. The van der Waals surface area contributed by atoms with Gasteiger partial charge in [0.2, 0.25) is 0 Å². The highest BCUT2D eigenvalue weighted by atomic mass is 79.9. The van der Waals surface area contributed by atoms with Crippen molar-refractivity contribution in [3.8, 4) is 5.75 Å². The second-order valence-corrected chi connectivity index (χ2v) is 6.30. The number of nitrogens with zero attached hydrogens (tertiary/aromatic N) is 1. The predicted molar refractivity (Wildman–Crippen MR) is 95.9 cm³/mol. The summed E-state index contributed by atoms with van der Waals surface area (Å²) in [5, 5.41) is 3.72. The van der Waals surface area contributed by atoms with Gasteiger partial charge in [0, 0.05) is 5.56 Å². The van der Waals surface area contributed by atoms with Gasteiger partial charge in [-0.1, -0.05) is 38.1 Å². The smallest absolute Gasteiger partial charge is 0.277 e. The van der Waals surface area contributed by atoms with Gasteiger partial charge in [-0.15, -0.1) is 0 Å². The molecule has 0 aliphatic heterocycles. The molecule has 0 radical (unpaired) electrons. The minimum absolute atomic E-state index is 0.186. The number of nitrogens with one attached hydrogen (secondary N) is 1.